The van der Waals surface area contributed by atoms with Gasteiger partial charge in [-0.2, -0.15) is 0 Å². The lowest BCUT2D eigenvalue weighted by Crippen LogP contribution is -2.20. The third-order valence-corrected chi connectivity index (χ3v) is 9.09. The van der Waals surface area contributed by atoms with Gasteiger partial charge in [-0.1, -0.05) is 84.9 Å². The van der Waals surface area contributed by atoms with E-state index in [1.54, 1.807) is 97.1 Å². The number of carbonyl (C=O) groups excluding carboxylic acids is 2. The predicted octanol–water partition coefficient (Wildman–Crippen LogP) is 10.3. The Bertz CT molecular complexity index is 2210. The van der Waals surface area contributed by atoms with E-state index in [-0.39, 0.29) is 22.6 Å². The lowest BCUT2D eigenvalue weighted by Gasteiger charge is -2.14. The first-order chi connectivity index (χ1) is 25.9. The first-order valence-electron chi connectivity index (χ1n) is 15.9. The van der Waals surface area contributed by atoms with Crippen molar-refractivity contribution in [2.75, 3.05) is 21.3 Å². The Morgan fingerprint density at radius 3 is 1.04 bits per heavy atom. The second-order valence-corrected chi connectivity index (χ2v) is 12.9. The van der Waals surface area contributed by atoms with Crippen molar-refractivity contribution in [3.05, 3.63) is 154 Å². The number of nitrogens with one attached hydrogen (secondary N) is 4. The van der Waals surface area contributed by atoms with Gasteiger partial charge in [-0.05, 0) is 80.4 Å². The first-order valence-corrected chi connectivity index (χ1v) is 17.5. The van der Waals surface area contributed by atoms with Crippen LogP contribution in [0.3, 0.4) is 0 Å². The Morgan fingerprint density at radius 1 is 0.389 bits per heavy atom. The van der Waals surface area contributed by atoms with Gasteiger partial charge in [0.1, 0.15) is 22.6 Å². The van der Waals surface area contributed by atoms with Crippen LogP contribution in [-0.4, -0.2) is 44.4 Å². The molecule has 0 aliphatic carbocycles. The number of carboxylic acid groups (broad SMARTS) is 2. The van der Waals surface area contributed by atoms with Gasteiger partial charge in [-0.15, -0.1) is 0 Å². The second-order valence-electron chi connectivity index (χ2n) is 11.2. The molecule has 0 bridgehead atoms. The normalized spacial score (nSPS) is 10.3. The van der Waals surface area contributed by atoms with E-state index in [1.807, 2.05) is 12.1 Å². The van der Waals surface area contributed by atoms with E-state index in [9.17, 15) is 39.6 Å². The highest BCUT2D eigenvalue weighted by atomic mass is 79.9. The van der Waals surface area contributed by atoms with E-state index >= 15 is 0 Å². The molecule has 0 aliphatic rings. The number of hydrogen-bond acceptors (Lipinski definition) is 6. The molecule has 0 atom stereocenters. The number of urea groups is 2. The van der Waals surface area contributed by atoms with Crippen LogP contribution in [0.25, 0.3) is 22.3 Å². The summed E-state index contributed by atoms with van der Waals surface area (Å²) >= 11 is 6.72. The van der Waals surface area contributed by atoms with Crippen LogP contribution < -0.4 is 21.3 Å². The number of aromatic hydroxyl groups is 2. The molecule has 0 unspecified atom stereocenters. The van der Waals surface area contributed by atoms with Crippen LogP contribution in [0.15, 0.2) is 142 Å². The number of carbonyl (C=O) groups is 4. The molecule has 54 heavy (non-hydrogen) atoms. The van der Waals surface area contributed by atoms with Gasteiger partial charge in [0.25, 0.3) is 0 Å². The number of para-hydroxylation sites is 6. The van der Waals surface area contributed by atoms with Crippen molar-refractivity contribution in [1.29, 1.82) is 0 Å². The van der Waals surface area contributed by atoms with E-state index in [4.69, 9.17) is 0 Å². The quantitative estimate of drug-likeness (QED) is 0.0740. The molecule has 12 nitrogen and oxygen atoms in total. The molecule has 4 amide bonds. The van der Waals surface area contributed by atoms with Crippen molar-refractivity contribution >= 4 is 78.6 Å². The molecule has 0 aromatic heterocycles. The van der Waals surface area contributed by atoms with Crippen LogP contribution in [0.1, 0.15) is 20.7 Å². The summed E-state index contributed by atoms with van der Waals surface area (Å²) in [5.74, 6) is -3.17. The van der Waals surface area contributed by atoms with Gasteiger partial charge >= 0.3 is 24.0 Å². The van der Waals surface area contributed by atoms with Crippen LogP contribution in [-0.2, 0) is 0 Å². The van der Waals surface area contributed by atoms with Gasteiger partial charge in [-0.25, -0.2) is 19.2 Å². The number of aromatic carboxylic acids is 2. The number of carboxylic acids is 2. The molecule has 0 saturated heterocycles. The van der Waals surface area contributed by atoms with E-state index in [0.717, 1.165) is 8.95 Å². The summed E-state index contributed by atoms with van der Waals surface area (Å²) in [7, 11) is 0. The number of benzene rings is 6. The van der Waals surface area contributed by atoms with Gasteiger partial charge < -0.3 is 41.7 Å². The maximum Gasteiger partial charge on any atom is 0.339 e. The molecular formula is C40H30Br2N4O8. The Morgan fingerprint density at radius 2 is 0.685 bits per heavy atom. The summed E-state index contributed by atoms with van der Waals surface area (Å²) in [6.07, 6.45) is 0. The Kier molecular flexibility index (Phi) is 12.7. The monoisotopic (exact) mass is 852 g/mol. The molecule has 0 fully saturated rings. The Labute approximate surface area is 325 Å². The van der Waals surface area contributed by atoms with E-state index in [0.29, 0.717) is 45.0 Å². The van der Waals surface area contributed by atoms with Crippen molar-refractivity contribution < 1.29 is 39.6 Å². The fraction of sp³-hybridized carbons (Fsp3) is 0. The number of anilines is 4. The van der Waals surface area contributed by atoms with Crippen molar-refractivity contribution in [1.82, 2.24) is 0 Å². The van der Waals surface area contributed by atoms with Crippen LogP contribution >= 0.6 is 31.9 Å². The fourth-order valence-corrected chi connectivity index (χ4v) is 5.97. The van der Waals surface area contributed by atoms with E-state index in [2.05, 4.69) is 53.1 Å². The highest BCUT2D eigenvalue weighted by Crippen LogP contribution is 2.38. The summed E-state index contributed by atoms with van der Waals surface area (Å²) in [5.41, 5.74) is 3.27. The van der Waals surface area contributed by atoms with Crippen molar-refractivity contribution in [3.8, 4) is 33.8 Å². The number of phenols is 2. The van der Waals surface area contributed by atoms with Crippen LogP contribution in [0.5, 0.6) is 11.5 Å². The predicted molar refractivity (Wildman–Crippen MR) is 215 cm³/mol. The second kappa shape index (κ2) is 17.7. The average molecular weight is 855 g/mol. The van der Waals surface area contributed by atoms with Gasteiger partial charge in [0, 0.05) is 31.2 Å². The molecule has 272 valence electrons. The molecule has 0 aliphatic heterocycles. The molecule has 6 aromatic carbocycles. The molecule has 6 rings (SSSR count). The Balaban J connectivity index is 0.000000208. The third-order valence-electron chi connectivity index (χ3n) is 7.71. The van der Waals surface area contributed by atoms with Crippen LogP contribution in [0.4, 0.5) is 32.3 Å². The van der Waals surface area contributed by atoms with Gasteiger partial charge in [0.05, 0.1) is 22.7 Å². The largest absolute Gasteiger partial charge is 0.506 e. The summed E-state index contributed by atoms with van der Waals surface area (Å²) < 4.78 is 1.47. The zero-order valence-corrected chi connectivity index (χ0v) is 31.1. The SMILES string of the molecule is O=C(Nc1ccccc1Br)Nc1ccccc1-c1cccc(C(=O)O)c1O.O=C(Nc1ccccc1Br)Nc1ccccc1-c1cccc(C(=O)O)c1O. The molecule has 14 heteroatoms. The summed E-state index contributed by atoms with van der Waals surface area (Å²) in [6, 6.07) is 36.0. The zero-order chi connectivity index (χ0) is 38.8. The Hall–Kier alpha value is -6.64. The number of rotatable bonds is 8. The van der Waals surface area contributed by atoms with Gasteiger partial charge in [0.15, 0.2) is 0 Å². The maximum absolute atomic E-state index is 12.4. The topological polar surface area (TPSA) is 197 Å². The lowest BCUT2D eigenvalue weighted by atomic mass is 9.99. The van der Waals surface area contributed by atoms with E-state index in [1.165, 1.54) is 24.3 Å². The standard InChI is InChI=1S/2C20H15BrN2O4/c2*21-15-9-2-4-11-17(15)23-20(27)22-16-10-3-1-6-12(16)13-7-5-8-14(18(13)24)19(25)26/h2*1-11,24H,(H,25,26)(H2,22,23,27). The van der Waals surface area contributed by atoms with Gasteiger partial charge in [0.2, 0.25) is 0 Å². The molecule has 8 N–H and O–H groups in total. The highest BCUT2D eigenvalue weighted by molar-refractivity contribution is 9.11. The number of halogens is 2. The molecule has 0 spiro atoms. The summed E-state index contributed by atoms with van der Waals surface area (Å²) in [4.78, 5) is 47.3. The van der Waals surface area contributed by atoms with Crippen LogP contribution in [0.2, 0.25) is 0 Å². The van der Waals surface area contributed by atoms with Gasteiger partial charge in [-0.3, -0.25) is 0 Å². The molecule has 6 aromatic rings. The first kappa shape index (κ1) is 38.6. The average Bonchev–Trinajstić information content (AvgIpc) is 3.14. The zero-order valence-electron chi connectivity index (χ0n) is 27.9. The lowest BCUT2D eigenvalue weighted by molar-refractivity contribution is 0.0682. The number of hydrogen-bond donors (Lipinski definition) is 8. The molecule has 0 heterocycles. The van der Waals surface area contributed by atoms with Crippen molar-refractivity contribution in [3.63, 3.8) is 0 Å². The molecule has 0 saturated carbocycles. The van der Waals surface area contributed by atoms with E-state index < -0.39 is 24.0 Å². The molecule has 0 radical (unpaired) electrons. The van der Waals surface area contributed by atoms with Crippen molar-refractivity contribution in [2.24, 2.45) is 0 Å². The number of amides is 4. The summed E-state index contributed by atoms with van der Waals surface area (Å²) in [6.45, 7) is 0. The minimum atomic E-state index is -1.23. The molecular weight excluding hydrogens is 824 g/mol. The summed E-state index contributed by atoms with van der Waals surface area (Å²) in [5, 5.41) is 50.0. The minimum Gasteiger partial charge on any atom is -0.506 e. The van der Waals surface area contributed by atoms with Crippen molar-refractivity contribution in [2.45, 2.75) is 0 Å². The smallest absolute Gasteiger partial charge is 0.339 e. The van der Waals surface area contributed by atoms with Crippen LogP contribution in [0, 0.1) is 0 Å². The minimum absolute atomic E-state index is 0.208. The third kappa shape index (κ3) is 9.42. The fourth-order valence-electron chi connectivity index (χ4n) is 5.20. The highest BCUT2D eigenvalue weighted by Gasteiger charge is 2.19. The maximum atomic E-state index is 12.4.